The number of methoxy groups -OCH3 is 1. The van der Waals surface area contributed by atoms with Gasteiger partial charge in [0.25, 0.3) is 0 Å². The van der Waals surface area contributed by atoms with Crippen molar-refractivity contribution in [3.63, 3.8) is 0 Å². The van der Waals surface area contributed by atoms with E-state index in [4.69, 9.17) is 10.00 Å². The number of hydrogen-bond donors (Lipinski definition) is 1. The molecule has 1 heterocycles. The summed E-state index contributed by atoms with van der Waals surface area (Å²) in [5.74, 6) is 1.22. The van der Waals surface area contributed by atoms with Crippen LogP contribution in [0.3, 0.4) is 0 Å². The van der Waals surface area contributed by atoms with E-state index in [0.29, 0.717) is 24.9 Å². The van der Waals surface area contributed by atoms with Gasteiger partial charge in [0.05, 0.1) is 19.7 Å². The predicted molar refractivity (Wildman–Crippen MR) is 75.9 cm³/mol. The van der Waals surface area contributed by atoms with Crippen LogP contribution in [0.25, 0.3) is 0 Å². The number of nitriles is 1. The average molecular weight is 279 g/mol. The SMILES string of the molecule is COC(=O)CCC1CC(NCC2CC2)CN(CC#N)C1. The number of likely N-dealkylation sites (tertiary alicyclic amines) is 1. The molecule has 0 aromatic carbocycles. The predicted octanol–water partition coefficient (Wildman–Crippen LogP) is 1.15. The van der Waals surface area contributed by atoms with Gasteiger partial charge in [-0.1, -0.05) is 0 Å². The first-order valence-corrected chi connectivity index (χ1v) is 7.60. The van der Waals surface area contributed by atoms with Crippen LogP contribution < -0.4 is 5.32 Å². The zero-order chi connectivity index (χ0) is 14.4. The maximum Gasteiger partial charge on any atom is 0.305 e. The molecule has 0 radical (unpaired) electrons. The molecular formula is C15H25N3O2. The number of ether oxygens (including phenoxy) is 1. The highest BCUT2D eigenvalue weighted by atomic mass is 16.5. The first-order chi connectivity index (χ1) is 9.71. The monoisotopic (exact) mass is 279 g/mol. The standard InChI is InChI=1S/C15H25N3O2/c1-20-15(19)5-4-13-8-14(17-9-12-2-3-12)11-18(10-13)7-6-16/h12-14,17H,2-5,7-11H2,1H3. The van der Waals surface area contributed by atoms with Gasteiger partial charge in [0.2, 0.25) is 0 Å². The summed E-state index contributed by atoms with van der Waals surface area (Å²) in [5.41, 5.74) is 0. The molecule has 0 aromatic heterocycles. The number of nitrogens with zero attached hydrogens (tertiary/aromatic N) is 2. The molecule has 1 aliphatic heterocycles. The van der Waals surface area contributed by atoms with Gasteiger partial charge in [-0.05, 0) is 44.1 Å². The van der Waals surface area contributed by atoms with Crippen molar-refractivity contribution in [2.24, 2.45) is 11.8 Å². The van der Waals surface area contributed by atoms with Crippen LogP contribution in [0.4, 0.5) is 0 Å². The van der Waals surface area contributed by atoms with Crippen molar-refractivity contribution in [1.82, 2.24) is 10.2 Å². The maximum absolute atomic E-state index is 11.3. The molecule has 0 aromatic rings. The first kappa shape index (κ1) is 15.3. The Hall–Kier alpha value is -1.12. The maximum atomic E-state index is 11.3. The van der Waals surface area contributed by atoms with E-state index in [1.807, 2.05) is 0 Å². The minimum absolute atomic E-state index is 0.134. The molecule has 20 heavy (non-hydrogen) atoms. The Morgan fingerprint density at radius 3 is 2.85 bits per heavy atom. The molecule has 0 amide bonds. The summed E-state index contributed by atoms with van der Waals surface area (Å²) in [6, 6.07) is 2.70. The van der Waals surface area contributed by atoms with Gasteiger partial charge in [-0.25, -0.2) is 0 Å². The normalized spacial score (nSPS) is 27.0. The quantitative estimate of drug-likeness (QED) is 0.559. The zero-order valence-corrected chi connectivity index (χ0v) is 12.3. The summed E-state index contributed by atoms with van der Waals surface area (Å²) in [6.45, 7) is 3.46. The lowest BCUT2D eigenvalue weighted by molar-refractivity contribution is -0.141. The number of nitrogens with one attached hydrogen (secondary N) is 1. The third-order valence-electron chi connectivity index (χ3n) is 4.28. The fourth-order valence-corrected chi connectivity index (χ4v) is 2.97. The van der Waals surface area contributed by atoms with Crippen LogP contribution in [-0.4, -0.2) is 50.2 Å². The highest BCUT2D eigenvalue weighted by Crippen LogP contribution is 2.28. The molecule has 1 N–H and O–H groups in total. The molecule has 0 bridgehead atoms. The molecule has 2 fully saturated rings. The summed E-state index contributed by atoms with van der Waals surface area (Å²) in [7, 11) is 1.44. The Kier molecular flexibility index (Phi) is 5.81. The molecule has 5 nitrogen and oxygen atoms in total. The average Bonchev–Trinajstić information content (AvgIpc) is 3.27. The van der Waals surface area contributed by atoms with Gasteiger partial charge in [-0.3, -0.25) is 9.69 Å². The van der Waals surface area contributed by atoms with E-state index in [1.165, 1.54) is 20.0 Å². The lowest BCUT2D eigenvalue weighted by atomic mass is 9.90. The van der Waals surface area contributed by atoms with Gasteiger partial charge in [0.1, 0.15) is 0 Å². The molecule has 1 aliphatic carbocycles. The molecule has 0 spiro atoms. The van der Waals surface area contributed by atoms with Gasteiger partial charge in [0, 0.05) is 25.6 Å². The molecule has 1 saturated heterocycles. The van der Waals surface area contributed by atoms with Crippen LogP contribution >= 0.6 is 0 Å². The van der Waals surface area contributed by atoms with E-state index in [-0.39, 0.29) is 5.97 Å². The van der Waals surface area contributed by atoms with E-state index in [1.54, 1.807) is 0 Å². The second kappa shape index (κ2) is 7.61. The second-order valence-electron chi connectivity index (χ2n) is 6.12. The number of rotatable bonds is 7. The largest absolute Gasteiger partial charge is 0.469 e. The molecule has 2 aliphatic rings. The van der Waals surface area contributed by atoms with Crippen LogP contribution in [0.1, 0.15) is 32.1 Å². The fraction of sp³-hybridized carbons (Fsp3) is 0.867. The first-order valence-electron chi connectivity index (χ1n) is 7.60. The van der Waals surface area contributed by atoms with Gasteiger partial charge in [-0.2, -0.15) is 5.26 Å². The van der Waals surface area contributed by atoms with Crippen LogP contribution in [0.5, 0.6) is 0 Å². The van der Waals surface area contributed by atoms with Crippen molar-refractivity contribution in [3.8, 4) is 6.07 Å². The van der Waals surface area contributed by atoms with Gasteiger partial charge in [0.15, 0.2) is 0 Å². The third-order valence-corrected chi connectivity index (χ3v) is 4.28. The zero-order valence-electron chi connectivity index (χ0n) is 12.3. The van der Waals surface area contributed by atoms with Gasteiger partial charge in [-0.15, -0.1) is 0 Å². The van der Waals surface area contributed by atoms with Crippen LogP contribution in [0.15, 0.2) is 0 Å². The smallest absolute Gasteiger partial charge is 0.305 e. The van der Waals surface area contributed by atoms with Crippen LogP contribution in [0.2, 0.25) is 0 Å². The van der Waals surface area contributed by atoms with Crippen LogP contribution in [0, 0.1) is 23.2 Å². The van der Waals surface area contributed by atoms with E-state index in [2.05, 4.69) is 16.3 Å². The van der Waals surface area contributed by atoms with E-state index >= 15 is 0 Å². The minimum atomic E-state index is -0.134. The number of carbonyl (C=O) groups is 1. The molecule has 2 atom stereocenters. The molecule has 2 unspecified atom stereocenters. The van der Waals surface area contributed by atoms with Crippen molar-refractivity contribution in [1.29, 1.82) is 5.26 Å². The van der Waals surface area contributed by atoms with Crippen LogP contribution in [-0.2, 0) is 9.53 Å². The summed E-state index contributed by atoms with van der Waals surface area (Å²) in [5, 5.41) is 12.5. The second-order valence-corrected chi connectivity index (χ2v) is 6.12. The summed E-state index contributed by atoms with van der Waals surface area (Å²) >= 11 is 0. The Labute approximate surface area is 121 Å². The number of hydrogen-bond acceptors (Lipinski definition) is 5. The lowest BCUT2D eigenvalue weighted by Gasteiger charge is -2.37. The fourth-order valence-electron chi connectivity index (χ4n) is 2.97. The van der Waals surface area contributed by atoms with Crippen molar-refractivity contribution in [2.45, 2.75) is 38.1 Å². The number of piperidine rings is 1. The topological polar surface area (TPSA) is 65.4 Å². The third kappa shape index (κ3) is 5.10. The van der Waals surface area contributed by atoms with E-state index < -0.39 is 0 Å². The molecular weight excluding hydrogens is 254 g/mol. The Morgan fingerprint density at radius 2 is 2.20 bits per heavy atom. The van der Waals surface area contributed by atoms with Gasteiger partial charge < -0.3 is 10.1 Å². The van der Waals surface area contributed by atoms with E-state index in [0.717, 1.165) is 38.4 Å². The van der Waals surface area contributed by atoms with Crippen molar-refractivity contribution < 1.29 is 9.53 Å². The Balaban J connectivity index is 1.79. The molecule has 1 saturated carbocycles. The van der Waals surface area contributed by atoms with Crippen molar-refractivity contribution in [2.75, 3.05) is 33.3 Å². The Morgan fingerprint density at radius 1 is 1.40 bits per heavy atom. The summed E-state index contributed by atoms with van der Waals surface area (Å²) < 4.78 is 4.71. The summed E-state index contributed by atoms with van der Waals surface area (Å²) in [4.78, 5) is 13.5. The highest BCUT2D eigenvalue weighted by molar-refractivity contribution is 5.69. The number of esters is 1. The molecule has 112 valence electrons. The molecule has 5 heteroatoms. The Bertz CT molecular complexity index is 363. The minimum Gasteiger partial charge on any atom is -0.469 e. The number of carbonyl (C=O) groups excluding carboxylic acids is 1. The van der Waals surface area contributed by atoms with Crippen molar-refractivity contribution in [3.05, 3.63) is 0 Å². The highest BCUT2D eigenvalue weighted by Gasteiger charge is 2.29. The van der Waals surface area contributed by atoms with E-state index in [9.17, 15) is 4.79 Å². The van der Waals surface area contributed by atoms with Crippen molar-refractivity contribution >= 4 is 5.97 Å². The van der Waals surface area contributed by atoms with Gasteiger partial charge >= 0.3 is 5.97 Å². The lowest BCUT2D eigenvalue weighted by Crippen LogP contribution is -2.49. The summed E-state index contributed by atoms with van der Waals surface area (Å²) in [6.07, 6.45) is 5.15. The molecule has 2 rings (SSSR count).